The molecule has 1 atom stereocenters. The van der Waals surface area contributed by atoms with Crippen LogP contribution in [0.1, 0.15) is 58.6 Å². The second-order valence-corrected chi connectivity index (χ2v) is 6.65. The van der Waals surface area contributed by atoms with E-state index in [1.165, 1.54) is 11.1 Å². The molecule has 1 rings (SSSR count). The summed E-state index contributed by atoms with van der Waals surface area (Å²) in [5.41, 5.74) is 2.99. The molecule has 1 unspecified atom stereocenters. The van der Waals surface area contributed by atoms with Gasteiger partial charge in [0.25, 0.3) is 0 Å². The standard InChI is InChI=1S/C17H28O/c1-13(2)16(18)8-6-7-14-9-11-15(12-10-14)17(3,4)5/h9-13,16,18H,6-8H2,1-5H3. The molecule has 1 nitrogen and oxygen atoms in total. The van der Waals surface area contributed by atoms with Gasteiger partial charge < -0.3 is 5.11 Å². The van der Waals surface area contributed by atoms with Crippen molar-refractivity contribution < 1.29 is 5.11 Å². The number of aliphatic hydroxyl groups is 1. The van der Waals surface area contributed by atoms with Crippen molar-refractivity contribution in [2.45, 2.75) is 65.4 Å². The minimum atomic E-state index is -0.154. The van der Waals surface area contributed by atoms with Crippen molar-refractivity contribution in [2.24, 2.45) is 5.92 Å². The molecule has 0 amide bonds. The van der Waals surface area contributed by atoms with Gasteiger partial charge in [0, 0.05) is 0 Å². The lowest BCUT2D eigenvalue weighted by atomic mass is 9.86. The largest absolute Gasteiger partial charge is 0.393 e. The maximum atomic E-state index is 9.76. The molecular weight excluding hydrogens is 220 g/mol. The van der Waals surface area contributed by atoms with E-state index in [4.69, 9.17) is 0 Å². The van der Waals surface area contributed by atoms with Crippen LogP contribution in [0.3, 0.4) is 0 Å². The molecule has 0 fully saturated rings. The normalized spacial score (nSPS) is 13.9. The lowest BCUT2D eigenvalue weighted by Crippen LogP contribution is -2.14. The number of hydrogen-bond donors (Lipinski definition) is 1. The fourth-order valence-electron chi connectivity index (χ4n) is 2.02. The Morgan fingerprint density at radius 3 is 2.06 bits per heavy atom. The Hall–Kier alpha value is -0.820. The molecule has 18 heavy (non-hydrogen) atoms. The van der Waals surface area contributed by atoms with E-state index in [2.05, 4.69) is 58.9 Å². The van der Waals surface area contributed by atoms with E-state index >= 15 is 0 Å². The minimum Gasteiger partial charge on any atom is -0.393 e. The zero-order valence-corrected chi connectivity index (χ0v) is 12.5. The van der Waals surface area contributed by atoms with Gasteiger partial charge in [0.05, 0.1) is 6.10 Å². The fourth-order valence-corrected chi connectivity index (χ4v) is 2.02. The molecule has 1 N–H and O–H groups in total. The summed E-state index contributed by atoms with van der Waals surface area (Å²) in [6.45, 7) is 10.9. The third-order valence-corrected chi connectivity index (χ3v) is 3.55. The minimum absolute atomic E-state index is 0.154. The van der Waals surface area contributed by atoms with Gasteiger partial charge in [-0.25, -0.2) is 0 Å². The Kier molecular flexibility index (Phi) is 5.40. The first-order valence-corrected chi connectivity index (χ1v) is 7.08. The smallest absolute Gasteiger partial charge is 0.0563 e. The predicted octanol–water partition coefficient (Wildman–Crippen LogP) is 4.32. The van der Waals surface area contributed by atoms with Crippen molar-refractivity contribution in [1.82, 2.24) is 0 Å². The van der Waals surface area contributed by atoms with Crippen LogP contribution in [0.2, 0.25) is 0 Å². The highest BCUT2D eigenvalue weighted by molar-refractivity contribution is 5.27. The van der Waals surface area contributed by atoms with Gasteiger partial charge in [-0.1, -0.05) is 58.9 Å². The van der Waals surface area contributed by atoms with Crippen molar-refractivity contribution in [2.75, 3.05) is 0 Å². The monoisotopic (exact) mass is 248 g/mol. The third-order valence-electron chi connectivity index (χ3n) is 3.55. The highest BCUT2D eigenvalue weighted by atomic mass is 16.3. The summed E-state index contributed by atoms with van der Waals surface area (Å²) in [6.07, 6.45) is 2.88. The van der Waals surface area contributed by atoms with Gasteiger partial charge in [-0.15, -0.1) is 0 Å². The van der Waals surface area contributed by atoms with Crippen LogP contribution in [0.5, 0.6) is 0 Å². The SMILES string of the molecule is CC(C)C(O)CCCc1ccc(C(C)(C)C)cc1. The fraction of sp³-hybridized carbons (Fsp3) is 0.647. The van der Waals surface area contributed by atoms with Gasteiger partial charge in [-0.2, -0.15) is 0 Å². The summed E-state index contributed by atoms with van der Waals surface area (Å²) in [7, 11) is 0. The quantitative estimate of drug-likeness (QED) is 0.822. The Labute approximate surface area is 112 Å². The average Bonchev–Trinajstić information content (AvgIpc) is 2.28. The van der Waals surface area contributed by atoms with Crippen LogP contribution in [-0.4, -0.2) is 11.2 Å². The third kappa shape index (κ3) is 4.81. The van der Waals surface area contributed by atoms with Gasteiger partial charge in [0.15, 0.2) is 0 Å². The first-order valence-electron chi connectivity index (χ1n) is 7.08. The Morgan fingerprint density at radius 1 is 1.06 bits per heavy atom. The topological polar surface area (TPSA) is 20.2 Å². The van der Waals surface area contributed by atoms with Crippen LogP contribution >= 0.6 is 0 Å². The molecular formula is C17H28O. The van der Waals surface area contributed by atoms with Crippen molar-refractivity contribution in [1.29, 1.82) is 0 Å². The number of benzene rings is 1. The molecule has 0 aliphatic carbocycles. The van der Waals surface area contributed by atoms with Gasteiger partial charge in [-0.3, -0.25) is 0 Å². The molecule has 1 aromatic carbocycles. The zero-order valence-electron chi connectivity index (χ0n) is 12.5. The van der Waals surface area contributed by atoms with Crippen molar-refractivity contribution in [3.63, 3.8) is 0 Å². The number of aliphatic hydroxyl groups excluding tert-OH is 1. The summed E-state index contributed by atoms with van der Waals surface area (Å²) in [4.78, 5) is 0. The lowest BCUT2D eigenvalue weighted by Gasteiger charge is -2.19. The first-order chi connectivity index (χ1) is 8.30. The summed E-state index contributed by atoms with van der Waals surface area (Å²) in [5, 5.41) is 9.76. The van der Waals surface area contributed by atoms with Crippen molar-refractivity contribution >= 4 is 0 Å². The van der Waals surface area contributed by atoms with Crippen LogP contribution in [0.15, 0.2) is 24.3 Å². The van der Waals surface area contributed by atoms with E-state index in [1.807, 2.05) is 0 Å². The van der Waals surface area contributed by atoms with E-state index < -0.39 is 0 Å². The predicted molar refractivity (Wildman–Crippen MR) is 78.9 cm³/mol. The average molecular weight is 248 g/mol. The number of aryl methyl sites for hydroxylation is 1. The molecule has 102 valence electrons. The van der Waals surface area contributed by atoms with E-state index in [0.717, 1.165) is 19.3 Å². The van der Waals surface area contributed by atoms with E-state index in [0.29, 0.717) is 5.92 Å². The highest BCUT2D eigenvalue weighted by Gasteiger charge is 2.13. The van der Waals surface area contributed by atoms with E-state index in [-0.39, 0.29) is 11.5 Å². The van der Waals surface area contributed by atoms with Crippen LogP contribution in [0.4, 0.5) is 0 Å². The molecule has 1 heteroatoms. The van der Waals surface area contributed by atoms with Crippen molar-refractivity contribution in [3.05, 3.63) is 35.4 Å². The Bertz CT molecular complexity index is 343. The molecule has 1 aromatic rings. The van der Waals surface area contributed by atoms with Gasteiger partial charge in [0.1, 0.15) is 0 Å². The van der Waals surface area contributed by atoms with Crippen LogP contribution in [0, 0.1) is 5.92 Å². The van der Waals surface area contributed by atoms with Gasteiger partial charge in [-0.05, 0) is 41.7 Å². The zero-order chi connectivity index (χ0) is 13.8. The first kappa shape index (κ1) is 15.2. The molecule has 0 saturated heterocycles. The maximum Gasteiger partial charge on any atom is 0.0563 e. The van der Waals surface area contributed by atoms with E-state index in [9.17, 15) is 5.11 Å². The summed E-state index contributed by atoms with van der Waals surface area (Å²) < 4.78 is 0. The molecule has 0 aliphatic heterocycles. The summed E-state index contributed by atoms with van der Waals surface area (Å²) in [5.74, 6) is 0.369. The molecule has 0 saturated carbocycles. The second-order valence-electron chi connectivity index (χ2n) is 6.65. The van der Waals surface area contributed by atoms with E-state index in [1.54, 1.807) is 0 Å². The molecule has 0 bridgehead atoms. The number of rotatable bonds is 5. The molecule has 0 aromatic heterocycles. The van der Waals surface area contributed by atoms with Gasteiger partial charge >= 0.3 is 0 Å². The Balaban J connectivity index is 2.45. The Morgan fingerprint density at radius 2 is 1.61 bits per heavy atom. The van der Waals surface area contributed by atoms with Crippen LogP contribution in [0.25, 0.3) is 0 Å². The van der Waals surface area contributed by atoms with Crippen LogP contribution in [-0.2, 0) is 11.8 Å². The van der Waals surface area contributed by atoms with Crippen molar-refractivity contribution in [3.8, 4) is 0 Å². The summed E-state index contributed by atoms with van der Waals surface area (Å²) >= 11 is 0. The van der Waals surface area contributed by atoms with Gasteiger partial charge in [0.2, 0.25) is 0 Å². The van der Waals surface area contributed by atoms with Crippen LogP contribution < -0.4 is 0 Å². The number of hydrogen-bond acceptors (Lipinski definition) is 1. The molecule has 0 aliphatic rings. The molecule has 0 spiro atoms. The molecule has 0 radical (unpaired) electrons. The second kappa shape index (κ2) is 6.38. The highest BCUT2D eigenvalue weighted by Crippen LogP contribution is 2.22. The lowest BCUT2D eigenvalue weighted by molar-refractivity contribution is 0.114. The molecule has 0 heterocycles. The maximum absolute atomic E-state index is 9.76. The summed E-state index contributed by atoms with van der Waals surface area (Å²) in [6, 6.07) is 8.91.